The number of hydrogen-bond acceptors (Lipinski definition) is 5. The van der Waals surface area contributed by atoms with Crippen LogP contribution in [0.2, 0.25) is 10.0 Å². The lowest BCUT2D eigenvalue weighted by Gasteiger charge is -2.03. The van der Waals surface area contributed by atoms with Crippen LogP contribution < -0.4 is 0 Å². The van der Waals surface area contributed by atoms with Gasteiger partial charge in [-0.15, -0.1) is 0 Å². The molecule has 1 aromatic carbocycles. The second-order valence-corrected chi connectivity index (χ2v) is 8.36. The summed E-state index contributed by atoms with van der Waals surface area (Å²) >= 11 is 11.7. The fourth-order valence-corrected chi connectivity index (χ4v) is 3.52. The van der Waals surface area contributed by atoms with Crippen LogP contribution in [0.25, 0.3) is 0 Å². The number of benzene rings is 1. The van der Waals surface area contributed by atoms with Crippen molar-refractivity contribution in [2.45, 2.75) is 31.8 Å². The molecule has 0 unspecified atom stereocenters. The summed E-state index contributed by atoms with van der Waals surface area (Å²) in [5.74, 6) is 0.549. The molecule has 0 amide bonds. The van der Waals surface area contributed by atoms with Crippen LogP contribution in [-0.2, 0) is 27.8 Å². The number of halogens is 2. The highest BCUT2D eigenvalue weighted by Crippen LogP contribution is 2.24. The minimum atomic E-state index is -3.43. The molecule has 0 N–H and O–H groups in total. The zero-order chi connectivity index (χ0) is 16.3. The maximum atomic E-state index is 12.2. The molecule has 1 heterocycles. The van der Waals surface area contributed by atoms with Gasteiger partial charge in [0.25, 0.3) is 0 Å². The fourth-order valence-electron chi connectivity index (χ4n) is 1.92. The highest BCUT2D eigenvalue weighted by molar-refractivity contribution is 7.89. The first-order valence-electron chi connectivity index (χ1n) is 6.71. The van der Waals surface area contributed by atoms with Crippen molar-refractivity contribution >= 4 is 33.0 Å². The summed E-state index contributed by atoms with van der Waals surface area (Å²) in [5.41, 5.74) is 0.566. The van der Waals surface area contributed by atoms with Crippen LogP contribution in [0.3, 0.4) is 0 Å². The Bertz CT molecular complexity index is 757. The summed E-state index contributed by atoms with van der Waals surface area (Å²) < 4.78 is 29.4. The second kappa shape index (κ2) is 6.98. The first-order chi connectivity index (χ1) is 10.2. The van der Waals surface area contributed by atoms with Gasteiger partial charge in [-0.2, -0.15) is 4.98 Å². The third kappa shape index (κ3) is 4.97. The molecule has 5 nitrogen and oxygen atoms in total. The van der Waals surface area contributed by atoms with Gasteiger partial charge >= 0.3 is 0 Å². The lowest BCUT2D eigenvalue weighted by Crippen LogP contribution is -2.08. The van der Waals surface area contributed by atoms with Gasteiger partial charge in [0.2, 0.25) is 5.89 Å². The maximum Gasteiger partial charge on any atom is 0.241 e. The molecule has 2 aromatic rings. The minimum Gasteiger partial charge on any atom is -0.338 e. The number of aromatic nitrogens is 2. The van der Waals surface area contributed by atoms with Gasteiger partial charge in [0.05, 0.1) is 15.8 Å². The van der Waals surface area contributed by atoms with E-state index in [0.717, 1.165) is 0 Å². The maximum absolute atomic E-state index is 12.2. The first-order valence-corrected chi connectivity index (χ1v) is 9.29. The van der Waals surface area contributed by atoms with Gasteiger partial charge in [0, 0.05) is 6.42 Å². The smallest absolute Gasteiger partial charge is 0.241 e. The Morgan fingerprint density at radius 2 is 1.91 bits per heavy atom. The number of hydrogen-bond donors (Lipinski definition) is 0. The zero-order valence-electron chi connectivity index (χ0n) is 12.2. The Hall–Kier alpha value is -1.11. The molecule has 0 fully saturated rings. The van der Waals surface area contributed by atoms with E-state index in [0.29, 0.717) is 33.8 Å². The molecule has 0 radical (unpaired) electrons. The Morgan fingerprint density at radius 1 is 1.18 bits per heavy atom. The van der Waals surface area contributed by atoms with E-state index in [-0.39, 0.29) is 17.4 Å². The van der Waals surface area contributed by atoms with Crippen molar-refractivity contribution in [3.63, 3.8) is 0 Å². The minimum absolute atomic E-state index is 0.107. The van der Waals surface area contributed by atoms with Crippen molar-refractivity contribution in [3.8, 4) is 0 Å². The van der Waals surface area contributed by atoms with Gasteiger partial charge in [-0.25, -0.2) is 8.42 Å². The summed E-state index contributed by atoms with van der Waals surface area (Å²) in [6.45, 7) is 4.05. The zero-order valence-corrected chi connectivity index (χ0v) is 14.5. The molecule has 2 rings (SSSR count). The lowest BCUT2D eigenvalue weighted by molar-refractivity contribution is 0.380. The van der Waals surface area contributed by atoms with Crippen LogP contribution in [0.4, 0.5) is 0 Å². The van der Waals surface area contributed by atoms with Crippen LogP contribution in [0.5, 0.6) is 0 Å². The van der Waals surface area contributed by atoms with E-state index in [4.69, 9.17) is 27.7 Å². The van der Waals surface area contributed by atoms with E-state index in [9.17, 15) is 8.42 Å². The third-order valence-corrected chi connectivity index (χ3v) is 5.01. The van der Waals surface area contributed by atoms with E-state index in [2.05, 4.69) is 10.1 Å². The molecule has 0 atom stereocenters. The predicted molar refractivity (Wildman–Crippen MR) is 85.6 cm³/mol. The first kappa shape index (κ1) is 17.2. The highest BCUT2D eigenvalue weighted by Gasteiger charge is 2.19. The molecule has 0 saturated heterocycles. The molecule has 1 aromatic heterocycles. The third-order valence-electron chi connectivity index (χ3n) is 2.81. The molecule has 0 aliphatic heterocycles. The van der Waals surface area contributed by atoms with E-state index < -0.39 is 9.84 Å². The van der Waals surface area contributed by atoms with Gasteiger partial charge in [-0.05, 0) is 23.6 Å². The Labute approximate surface area is 139 Å². The van der Waals surface area contributed by atoms with E-state index >= 15 is 0 Å². The quantitative estimate of drug-likeness (QED) is 0.783. The van der Waals surface area contributed by atoms with Crippen LogP contribution in [0, 0.1) is 5.92 Å². The largest absolute Gasteiger partial charge is 0.338 e. The molecule has 0 aliphatic rings. The summed E-state index contributed by atoms with van der Waals surface area (Å²) in [5, 5.41) is 4.50. The van der Waals surface area contributed by atoms with Crippen LogP contribution in [0.15, 0.2) is 22.7 Å². The standard InChI is InChI=1S/C14H16Cl2N2O3S/c1-9(2)5-13-17-14(21-18-13)8-22(19,20)7-10-3-4-11(15)12(16)6-10/h3-4,6,9H,5,7-8H2,1-2H3. The van der Waals surface area contributed by atoms with Gasteiger partial charge in [0.1, 0.15) is 5.75 Å². The molecule has 0 aliphatic carbocycles. The summed E-state index contributed by atoms with van der Waals surface area (Å²) in [6, 6.07) is 4.74. The van der Waals surface area contributed by atoms with E-state index in [1.54, 1.807) is 18.2 Å². The molecule has 22 heavy (non-hydrogen) atoms. The van der Waals surface area contributed by atoms with Crippen LogP contribution >= 0.6 is 23.2 Å². The van der Waals surface area contributed by atoms with Gasteiger partial charge in [0.15, 0.2) is 15.7 Å². The summed E-state index contributed by atoms with van der Waals surface area (Å²) in [6.07, 6.45) is 0.649. The van der Waals surface area contributed by atoms with Gasteiger partial charge in [-0.1, -0.05) is 48.3 Å². The fraction of sp³-hybridized carbons (Fsp3) is 0.429. The van der Waals surface area contributed by atoms with E-state index in [1.165, 1.54) is 0 Å². The second-order valence-electron chi connectivity index (χ2n) is 5.48. The van der Waals surface area contributed by atoms with Crippen molar-refractivity contribution in [2.24, 2.45) is 5.92 Å². The van der Waals surface area contributed by atoms with Crippen molar-refractivity contribution in [1.29, 1.82) is 0 Å². The Kier molecular flexibility index (Phi) is 5.47. The van der Waals surface area contributed by atoms with Crippen molar-refractivity contribution in [2.75, 3.05) is 0 Å². The molecule has 0 spiro atoms. The van der Waals surface area contributed by atoms with Crippen LogP contribution in [-0.4, -0.2) is 18.6 Å². The van der Waals surface area contributed by atoms with E-state index in [1.807, 2.05) is 13.8 Å². The normalized spacial score (nSPS) is 12.0. The lowest BCUT2D eigenvalue weighted by atomic mass is 10.1. The Morgan fingerprint density at radius 3 is 2.55 bits per heavy atom. The average molecular weight is 363 g/mol. The number of nitrogens with zero attached hydrogens (tertiary/aromatic N) is 2. The molecule has 0 saturated carbocycles. The molecular weight excluding hydrogens is 347 g/mol. The topological polar surface area (TPSA) is 73.1 Å². The van der Waals surface area contributed by atoms with Crippen molar-refractivity contribution in [3.05, 3.63) is 45.5 Å². The Balaban J connectivity index is 2.07. The van der Waals surface area contributed by atoms with Gasteiger partial charge in [-0.3, -0.25) is 0 Å². The number of sulfone groups is 1. The molecule has 0 bridgehead atoms. The monoisotopic (exact) mass is 362 g/mol. The highest BCUT2D eigenvalue weighted by atomic mass is 35.5. The van der Waals surface area contributed by atoms with Gasteiger partial charge < -0.3 is 4.52 Å². The van der Waals surface area contributed by atoms with Crippen molar-refractivity contribution < 1.29 is 12.9 Å². The molecule has 8 heteroatoms. The summed E-state index contributed by atoms with van der Waals surface area (Å²) in [4.78, 5) is 4.10. The van der Waals surface area contributed by atoms with Crippen LogP contribution in [0.1, 0.15) is 31.1 Å². The number of rotatable bonds is 6. The average Bonchev–Trinajstić information content (AvgIpc) is 2.79. The molecule has 120 valence electrons. The SMILES string of the molecule is CC(C)Cc1noc(CS(=O)(=O)Cc2ccc(Cl)c(Cl)c2)n1. The van der Waals surface area contributed by atoms with Crippen molar-refractivity contribution in [1.82, 2.24) is 10.1 Å². The predicted octanol–water partition coefficient (Wildman–Crippen LogP) is 3.69. The summed E-state index contributed by atoms with van der Waals surface area (Å²) in [7, 11) is -3.43. The molecular formula is C14H16Cl2N2O3S.